The second kappa shape index (κ2) is 11.1. The molecule has 2 fully saturated rings. The molecule has 10 heteroatoms. The lowest BCUT2D eigenvalue weighted by molar-refractivity contribution is -0.192. The Morgan fingerprint density at radius 1 is 1.24 bits per heavy atom. The van der Waals surface area contributed by atoms with Crippen LogP contribution in [0, 0.1) is 0 Å². The molecule has 1 aliphatic carbocycles. The highest BCUT2D eigenvalue weighted by Crippen LogP contribution is 2.37. The van der Waals surface area contributed by atoms with E-state index >= 15 is 0 Å². The van der Waals surface area contributed by atoms with Gasteiger partial charge in [0, 0.05) is 30.9 Å². The number of hydrogen-bond donors (Lipinski definition) is 1. The normalized spacial score (nSPS) is 25.2. The first-order valence-corrected chi connectivity index (χ1v) is 11.1. The van der Waals surface area contributed by atoms with Crippen molar-refractivity contribution in [2.75, 3.05) is 19.7 Å². The largest absolute Gasteiger partial charge is 0.490 e. The zero-order chi connectivity index (χ0) is 23.9. The highest BCUT2D eigenvalue weighted by atomic mass is 19.4. The number of carboxylic acids is 1. The molecule has 1 spiro atoms. The first-order chi connectivity index (χ1) is 15.7. The van der Waals surface area contributed by atoms with Crippen LogP contribution in [0.2, 0.25) is 0 Å². The molecule has 0 aromatic carbocycles. The van der Waals surface area contributed by atoms with Crippen LogP contribution < -0.4 is 0 Å². The monoisotopic (exact) mass is 470 g/mol. The third kappa shape index (κ3) is 7.26. The molecule has 0 saturated carbocycles. The van der Waals surface area contributed by atoms with Crippen molar-refractivity contribution in [3.8, 4) is 0 Å². The van der Waals surface area contributed by atoms with E-state index in [9.17, 15) is 18.0 Å². The second-order valence-electron chi connectivity index (χ2n) is 8.59. The van der Waals surface area contributed by atoms with Gasteiger partial charge in [0.1, 0.15) is 0 Å². The Hall–Kier alpha value is -2.46. The van der Waals surface area contributed by atoms with Crippen molar-refractivity contribution >= 4 is 11.9 Å². The van der Waals surface area contributed by atoms with Crippen molar-refractivity contribution in [3.05, 3.63) is 41.7 Å². The summed E-state index contributed by atoms with van der Waals surface area (Å²) in [5, 5.41) is 7.12. The fourth-order valence-electron chi connectivity index (χ4n) is 4.39. The summed E-state index contributed by atoms with van der Waals surface area (Å²) in [6.07, 6.45) is 7.96. The SMILES string of the molecule is O=C(C1=CCCCC1)N1CCC[C@]2(C[C@@H](OCc3ccncc3)CO2)C1.O=C(O)C(F)(F)F. The lowest BCUT2D eigenvalue weighted by atomic mass is 9.88. The van der Waals surface area contributed by atoms with Crippen LogP contribution in [0.3, 0.4) is 0 Å². The van der Waals surface area contributed by atoms with Crippen LogP contribution in [-0.4, -0.2) is 64.4 Å². The third-order valence-electron chi connectivity index (χ3n) is 6.04. The molecule has 1 aromatic heterocycles. The molecule has 3 heterocycles. The molecule has 2 atom stereocenters. The Kier molecular flexibility index (Phi) is 8.47. The summed E-state index contributed by atoms with van der Waals surface area (Å²) in [6, 6.07) is 3.95. The van der Waals surface area contributed by atoms with Crippen LogP contribution in [-0.2, 0) is 25.7 Å². The Bertz CT molecular complexity index is 846. The zero-order valence-corrected chi connectivity index (χ0v) is 18.4. The Labute approximate surface area is 190 Å². The van der Waals surface area contributed by atoms with Crippen LogP contribution in [0.5, 0.6) is 0 Å². The van der Waals surface area contributed by atoms with Crippen LogP contribution in [0.1, 0.15) is 50.5 Å². The number of nitrogens with zero attached hydrogens (tertiary/aromatic N) is 2. The van der Waals surface area contributed by atoms with Crippen LogP contribution in [0.4, 0.5) is 13.2 Å². The molecule has 0 radical (unpaired) electrons. The van der Waals surface area contributed by atoms with Gasteiger partial charge in [-0.15, -0.1) is 0 Å². The number of alkyl halides is 3. The van der Waals surface area contributed by atoms with Gasteiger partial charge >= 0.3 is 12.1 Å². The van der Waals surface area contributed by atoms with E-state index in [0.717, 1.165) is 56.2 Å². The number of aliphatic carboxylic acids is 1. The van der Waals surface area contributed by atoms with Gasteiger partial charge in [-0.3, -0.25) is 9.78 Å². The maximum atomic E-state index is 12.9. The molecule has 0 unspecified atom stereocenters. The van der Waals surface area contributed by atoms with Crippen LogP contribution >= 0.6 is 0 Å². The molecule has 1 N–H and O–H groups in total. The Balaban J connectivity index is 0.000000383. The predicted octanol–water partition coefficient (Wildman–Crippen LogP) is 3.88. The van der Waals surface area contributed by atoms with Gasteiger partial charge in [0.25, 0.3) is 0 Å². The molecule has 4 rings (SSSR count). The Morgan fingerprint density at radius 3 is 2.61 bits per heavy atom. The van der Waals surface area contributed by atoms with Crippen molar-refractivity contribution in [2.24, 2.45) is 0 Å². The van der Waals surface area contributed by atoms with Gasteiger partial charge in [-0.1, -0.05) is 6.08 Å². The van der Waals surface area contributed by atoms with Crippen molar-refractivity contribution < 1.29 is 37.3 Å². The maximum Gasteiger partial charge on any atom is 0.490 e. The first kappa shape index (κ1) is 25.2. The summed E-state index contributed by atoms with van der Waals surface area (Å²) in [4.78, 5) is 27.8. The number of aromatic nitrogens is 1. The molecule has 2 aliphatic heterocycles. The zero-order valence-electron chi connectivity index (χ0n) is 18.4. The summed E-state index contributed by atoms with van der Waals surface area (Å²) in [5.41, 5.74) is 1.92. The minimum absolute atomic E-state index is 0.104. The van der Waals surface area contributed by atoms with E-state index in [4.69, 9.17) is 19.4 Å². The average Bonchev–Trinajstić information content (AvgIpc) is 3.20. The molecule has 0 bridgehead atoms. The summed E-state index contributed by atoms with van der Waals surface area (Å²) in [7, 11) is 0. The number of carbonyl (C=O) groups is 2. The number of likely N-dealkylation sites (tertiary alicyclic amines) is 1. The average molecular weight is 470 g/mol. The van der Waals surface area contributed by atoms with E-state index in [1.54, 1.807) is 12.4 Å². The van der Waals surface area contributed by atoms with Crippen LogP contribution in [0.15, 0.2) is 36.2 Å². The molecular formula is C23H29F3N2O5. The number of halogens is 3. The molecule has 2 saturated heterocycles. The van der Waals surface area contributed by atoms with Crippen molar-refractivity contribution in [3.63, 3.8) is 0 Å². The quantitative estimate of drug-likeness (QED) is 0.719. The molecule has 3 aliphatic rings. The number of pyridine rings is 1. The summed E-state index contributed by atoms with van der Waals surface area (Å²) in [6.45, 7) is 2.76. The molecule has 7 nitrogen and oxygen atoms in total. The molecule has 1 aromatic rings. The van der Waals surface area contributed by atoms with Gasteiger partial charge in [-0.05, 0) is 56.2 Å². The highest BCUT2D eigenvalue weighted by molar-refractivity contribution is 5.93. The summed E-state index contributed by atoms with van der Waals surface area (Å²) in [5.74, 6) is -2.53. The standard InChI is InChI=1S/C21H28N2O3.C2HF3O2/c24-20(18-5-2-1-3-6-18)23-12-4-9-21(16-23)13-19(15-26-21)25-14-17-7-10-22-11-8-17;3-2(4,5)1(6)7/h5,7-8,10-11,19H,1-4,6,9,12-16H2;(H,6,7)/t19-,21+;/m1./s1. The highest BCUT2D eigenvalue weighted by Gasteiger charge is 2.45. The van der Waals surface area contributed by atoms with Gasteiger partial charge in [0.2, 0.25) is 5.91 Å². The molecule has 1 amide bonds. The number of ether oxygens (including phenoxy) is 2. The topological polar surface area (TPSA) is 89.0 Å². The van der Waals surface area contributed by atoms with E-state index < -0.39 is 12.1 Å². The fraction of sp³-hybridized carbons (Fsp3) is 0.609. The number of allylic oxidation sites excluding steroid dienone is 1. The lowest BCUT2D eigenvalue weighted by Gasteiger charge is -2.40. The molecular weight excluding hydrogens is 441 g/mol. The van der Waals surface area contributed by atoms with Crippen molar-refractivity contribution in [2.45, 2.75) is 69.4 Å². The minimum atomic E-state index is -5.08. The maximum absolute atomic E-state index is 12.9. The molecule has 182 valence electrons. The van der Waals surface area contributed by atoms with E-state index in [0.29, 0.717) is 19.8 Å². The minimum Gasteiger partial charge on any atom is -0.475 e. The van der Waals surface area contributed by atoms with Gasteiger partial charge < -0.3 is 19.5 Å². The number of amides is 1. The number of rotatable bonds is 4. The van der Waals surface area contributed by atoms with E-state index in [1.807, 2.05) is 17.0 Å². The van der Waals surface area contributed by atoms with Crippen LogP contribution in [0.25, 0.3) is 0 Å². The number of carbonyl (C=O) groups excluding carboxylic acids is 1. The Morgan fingerprint density at radius 2 is 1.97 bits per heavy atom. The fourth-order valence-corrected chi connectivity index (χ4v) is 4.39. The third-order valence-corrected chi connectivity index (χ3v) is 6.04. The second-order valence-corrected chi connectivity index (χ2v) is 8.59. The van der Waals surface area contributed by atoms with Gasteiger partial charge in [-0.2, -0.15) is 13.2 Å². The predicted molar refractivity (Wildman–Crippen MR) is 112 cm³/mol. The van der Waals surface area contributed by atoms with Gasteiger partial charge in [0.05, 0.1) is 31.5 Å². The summed E-state index contributed by atoms with van der Waals surface area (Å²) >= 11 is 0. The van der Waals surface area contributed by atoms with E-state index in [1.165, 1.54) is 6.42 Å². The van der Waals surface area contributed by atoms with Gasteiger partial charge in [-0.25, -0.2) is 4.79 Å². The number of piperidine rings is 1. The van der Waals surface area contributed by atoms with E-state index in [2.05, 4.69) is 11.1 Å². The molecule has 33 heavy (non-hydrogen) atoms. The summed E-state index contributed by atoms with van der Waals surface area (Å²) < 4.78 is 44.0. The van der Waals surface area contributed by atoms with E-state index in [-0.39, 0.29) is 17.6 Å². The number of hydrogen-bond acceptors (Lipinski definition) is 5. The van der Waals surface area contributed by atoms with Crippen molar-refractivity contribution in [1.82, 2.24) is 9.88 Å². The number of carboxylic acid groups (broad SMARTS) is 1. The first-order valence-electron chi connectivity index (χ1n) is 11.1. The lowest BCUT2D eigenvalue weighted by Crippen LogP contribution is -2.50. The smallest absolute Gasteiger partial charge is 0.475 e. The van der Waals surface area contributed by atoms with Gasteiger partial charge in [0.15, 0.2) is 0 Å². The van der Waals surface area contributed by atoms with Crippen molar-refractivity contribution in [1.29, 1.82) is 0 Å².